The van der Waals surface area contributed by atoms with E-state index in [1.165, 1.54) is 11.3 Å². The lowest BCUT2D eigenvalue weighted by molar-refractivity contribution is -0.231. The summed E-state index contributed by atoms with van der Waals surface area (Å²) in [4.78, 5) is 0.879. The molecule has 0 spiro atoms. The summed E-state index contributed by atoms with van der Waals surface area (Å²) >= 11 is 7.35. The number of rotatable bonds is 4. The van der Waals surface area contributed by atoms with Gasteiger partial charge in [-0.05, 0) is 34.7 Å². The zero-order valence-electron chi connectivity index (χ0n) is 15.2. The number of ether oxygens (including phenoxy) is 1. The molecule has 2 aromatic carbocycles. The molecule has 1 aliphatic rings. The van der Waals surface area contributed by atoms with Gasteiger partial charge in [-0.25, -0.2) is 4.39 Å². The first-order chi connectivity index (χ1) is 13.9. The first-order valence-electron chi connectivity index (χ1n) is 9.15. The van der Waals surface area contributed by atoms with E-state index >= 15 is 4.39 Å². The third kappa shape index (κ3) is 3.80. The van der Waals surface area contributed by atoms with Gasteiger partial charge >= 0.3 is 0 Å². The predicted molar refractivity (Wildman–Crippen MR) is 109 cm³/mol. The van der Waals surface area contributed by atoms with Crippen molar-refractivity contribution in [2.75, 3.05) is 6.61 Å². The smallest absolute Gasteiger partial charge is 0.134 e. The van der Waals surface area contributed by atoms with E-state index < -0.39 is 37.1 Å². The van der Waals surface area contributed by atoms with Gasteiger partial charge in [-0.2, -0.15) is 0 Å². The minimum Gasteiger partial charge on any atom is -0.394 e. The molecule has 0 aliphatic carbocycles. The summed E-state index contributed by atoms with van der Waals surface area (Å²) in [7, 11) is 0. The van der Waals surface area contributed by atoms with Crippen LogP contribution in [0.1, 0.15) is 22.1 Å². The van der Waals surface area contributed by atoms with E-state index in [2.05, 4.69) is 0 Å². The summed E-state index contributed by atoms with van der Waals surface area (Å²) in [5.74, 6) is -0.376. The summed E-state index contributed by atoms with van der Waals surface area (Å²) in [6.45, 7) is -0.527. The number of benzene rings is 2. The average molecular weight is 439 g/mol. The fourth-order valence-corrected chi connectivity index (χ4v) is 4.90. The molecule has 154 valence electrons. The van der Waals surface area contributed by atoms with Gasteiger partial charge in [0.2, 0.25) is 0 Å². The van der Waals surface area contributed by atoms with Gasteiger partial charge in [-0.1, -0.05) is 35.9 Å². The lowest BCUT2D eigenvalue weighted by Crippen LogP contribution is -2.55. The second kappa shape index (κ2) is 8.28. The van der Waals surface area contributed by atoms with E-state index in [4.69, 9.17) is 16.3 Å². The van der Waals surface area contributed by atoms with Gasteiger partial charge in [0.25, 0.3) is 0 Å². The molecule has 5 atom stereocenters. The number of hydrogen-bond donors (Lipinski definition) is 4. The van der Waals surface area contributed by atoms with Crippen molar-refractivity contribution in [1.29, 1.82) is 0 Å². The summed E-state index contributed by atoms with van der Waals surface area (Å²) in [5, 5.41) is 41.2. The van der Waals surface area contributed by atoms with Crippen LogP contribution in [-0.2, 0) is 11.2 Å². The Hall–Kier alpha value is -1.58. The van der Waals surface area contributed by atoms with Gasteiger partial charge < -0.3 is 25.2 Å². The standard InChI is InChI=1S/C21H20ClFO5S/c22-16-6-5-11(29-16)7-10-8-14(12-3-1-2-4-13(12)17(10)23)21-20(27)19(26)18(25)15(9-24)28-21/h1-6,8,15,18-21,24-27H,7,9H2/t15-,18-,19+,20-,21+/m1/s1. The third-order valence-electron chi connectivity index (χ3n) is 5.28. The lowest BCUT2D eigenvalue weighted by atomic mass is 9.87. The van der Waals surface area contributed by atoms with Crippen molar-refractivity contribution in [3.8, 4) is 0 Å². The van der Waals surface area contributed by atoms with Crippen LogP contribution >= 0.6 is 22.9 Å². The van der Waals surface area contributed by atoms with Crippen molar-refractivity contribution in [1.82, 2.24) is 0 Å². The summed E-state index contributed by atoms with van der Waals surface area (Å²) < 4.78 is 21.6. The van der Waals surface area contributed by atoms with Gasteiger partial charge in [0, 0.05) is 16.7 Å². The molecular formula is C21H20ClFO5S. The second-order valence-corrected chi connectivity index (χ2v) is 8.92. The van der Waals surface area contributed by atoms with Gasteiger partial charge in [-0.3, -0.25) is 0 Å². The molecule has 0 amide bonds. The Morgan fingerprint density at radius 3 is 2.38 bits per heavy atom. The zero-order valence-corrected chi connectivity index (χ0v) is 16.8. The summed E-state index contributed by atoms with van der Waals surface area (Å²) in [5.41, 5.74) is 0.880. The Labute approximate surface area is 175 Å². The normalized spacial score (nSPS) is 27.4. The SMILES string of the molecule is OC[C@H]1O[C@@H](c2cc(Cc3ccc(Cl)s3)c(F)c3ccccc23)[C@H](O)[C@@H](O)[C@@H]1O. The lowest BCUT2D eigenvalue weighted by Gasteiger charge is -2.40. The Kier molecular flexibility index (Phi) is 5.90. The molecule has 0 bridgehead atoms. The number of thiophene rings is 1. The van der Waals surface area contributed by atoms with E-state index in [1.54, 1.807) is 36.4 Å². The molecule has 1 aromatic heterocycles. The molecule has 0 radical (unpaired) electrons. The van der Waals surface area contributed by atoms with Crippen LogP contribution < -0.4 is 0 Å². The van der Waals surface area contributed by atoms with E-state index in [9.17, 15) is 20.4 Å². The number of fused-ring (bicyclic) bond motifs is 1. The highest BCUT2D eigenvalue weighted by Crippen LogP contribution is 2.38. The molecule has 1 saturated heterocycles. The number of aliphatic hydroxyl groups excluding tert-OH is 4. The van der Waals surface area contributed by atoms with Gasteiger partial charge in [0.05, 0.1) is 10.9 Å². The highest BCUT2D eigenvalue weighted by Gasteiger charge is 2.44. The minimum absolute atomic E-state index is 0.304. The van der Waals surface area contributed by atoms with Crippen molar-refractivity contribution >= 4 is 33.7 Å². The molecule has 4 N–H and O–H groups in total. The molecule has 2 heterocycles. The van der Waals surface area contributed by atoms with Crippen molar-refractivity contribution in [2.24, 2.45) is 0 Å². The van der Waals surface area contributed by atoms with Crippen LogP contribution in [0.2, 0.25) is 4.34 Å². The first kappa shape index (κ1) is 20.7. The van der Waals surface area contributed by atoms with Gasteiger partial charge in [0.15, 0.2) is 0 Å². The predicted octanol–water partition coefficient (Wildman–Crippen LogP) is 2.80. The van der Waals surface area contributed by atoms with E-state index in [1.807, 2.05) is 6.07 Å². The third-order valence-corrected chi connectivity index (χ3v) is 6.51. The number of halogens is 2. The second-order valence-electron chi connectivity index (χ2n) is 7.12. The maximum atomic E-state index is 15.2. The van der Waals surface area contributed by atoms with Crippen LogP contribution in [0.5, 0.6) is 0 Å². The van der Waals surface area contributed by atoms with Crippen LogP contribution in [0.15, 0.2) is 42.5 Å². The molecule has 8 heteroatoms. The molecular weight excluding hydrogens is 419 g/mol. The molecule has 0 saturated carbocycles. The zero-order chi connectivity index (χ0) is 20.7. The Morgan fingerprint density at radius 1 is 1.00 bits per heavy atom. The quantitative estimate of drug-likeness (QED) is 0.503. The van der Waals surface area contributed by atoms with Crippen LogP contribution in [0.4, 0.5) is 4.39 Å². The molecule has 4 rings (SSSR count). The molecule has 0 unspecified atom stereocenters. The molecule has 1 aliphatic heterocycles. The first-order valence-corrected chi connectivity index (χ1v) is 10.3. The molecule has 5 nitrogen and oxygen atoms in total. The Morgan fingerprint density at radius 2 is 1.72 bits per heavy atom. The van der Waals surface area contributed by atoms with Crippen molar-refractivity contribution in [3.63, 3.8) is 0 Å². The van der Waals surface area contributed by atoms with Crippen molar-refractivity contribution in [3.05, 3.63) is 68.6 Å². The summed E-state index contributed by atoms with van der Waals surface area (Å²) in [6, 6.07) is 12.0. The largest absolute Gasteiger partial charge is 0.394 e. The van der Waals surface area contributed by atoms with Crippen LogP contribution in [0, 0.1) is 5.82 Å². The maximum absolute atomic E-state index is 15.2. The fraction of sp³-hybridized carbons (Fsp3) is 0.333. The number of aliphatic hydroxyl groups is 4. The monoisotopic (exact) mass is 438 g/mol. The van der Waals surface area contributed by atoms with Crippen molar-refractivity contribution in [2.45, 2.75) is 36.9 Å². The Balaban J connectivity index is 1.83. The maximum Gasteiger partial charge on any atom is 0.134 e. The van der Waals surface area contributed by atoms with Gasteiger partial charge in [0.1, 0.15) is 36.3 Å². The molecule has 29 heavy (non-hydrogen) atoms. The van der Waals surface area contributed by atoms with Crippen LogP contribution in [0.25, 0.3) is 10.8 Å². The highest BCUT2D eigenvalue weighted by molar-refractivity contribution is 7.16. The summed E-state index contributed by atoms with van der Waals surface area (Å²) in [6.07, 6.45) is -6.17. The topological polar surface area (TPSA) is 90.2 Å². The van der Waals surface area contributed by atoms with Gasteiger partial charge in [-0.15, -0.1) is 11.3 Å². The average Bonchev–Trinajstić information content (AvgIpc) is 3.14. The van der Waals surface area contributed by atoms with Crippen molar-refractivity contribution < 1.29 is 29.6 Å². The molecule has 3 aromatic rings. The number of hydrogen-bond acceptors (Lipinski definition) is 6. The Bertz CT molecular complexity index is 1020. The highest BCUT2D eigenvalue weighted by atomic mass is 35.5. The van der Waals surface area contributed by atoms with Crippen LogP contribution in [0.3, 0.4) is 0 Å². The molecule has 1 fully saturated rings. The fourth-order valence-electron chi connectivity index (χ4n) is 3.79. The minimum atomic E-state index is -1.51. The van der Waals surface area contributed by atoms with E-state index in [0.717, 1.165) is 4.88 Å². The van der Waals surface area contributed by atoms with E-state index in [-0.39, 0.29) is 5.82 Å². The van der Waals surface area contributed by atoms with E-state index in [0.29, 0.717) is 32.7 Å². The van der Waals surface area contributed by atoms with Crippen LogP contribution in [-0.4, -0.2) is 51.4 Å².